The van der Waals surface area contributed by atoms with Crippen LogP contribution in [0.3, 0.4) is 0 Å². The molecular formula is C20H22N2O. The molecule has 1 saturated heterocycles. The van der Waals surface area contributed by atoms with Gasteiger partial charge in [0, 0.05) is 18.8 Å². The van der Waals surface area contributed by atoms with Crippen molar-refractivity contribution in [3.8, 4) is 11.8 Å². The van der Waals surface area contributed by atoms with Crippen molar-refractivity contribution in [2.45, 2.75) is 24.9 Å². The van der Waals surface area contributed by atoms with Gasteiger partial charge in [-0.3, -0.25) is 9.88 Å². The molecule has 0 saturated carbocycles. The lowest BCUT2D eigenvalue weighted by Gasteiger charge is -2.27. The van der Waals surface area contributed by atoms with E-state index in [4.69, 9.17) is 0 Å². The van der Waals surface area contributed by atoms with E-state index in [0.717, 1.165) is 30.8 Å². The van der Waals surface area contributed by atoms with E-state index < -0.39 is 5.60 Å². The quantitative estimate of drug-likeness (QED) is 0.883. The predicted octanol–water partition coefficient (Wildman–Crippen LogP) is 2.81. The Hall–Kier alpha value is -2.15. The van der Waals surface area contributed by atoms with E-state index in [0.29, 0.717) is 6.42 Å². The molecule has 0 spiro atoms. The van der Waals surface area contributed by atoms with Crippen LogP contribution in [0.5, 0.6) is 0 Å². The van der Waals surface area contributed by atoms with Crippen molar-refractivity contribution in [2.24, 2.45) is 0 Å². The van der Waals surface area contributed by atoms with E-state index in [2.05, 4.69) is 21.7 Å². The number of benzene rings is 1. The van der Waals surface area contributed by atoms with Gasteiger partial charge in [-0.15, -0.1) is 0 Å². The normalized spacial score (nSPS) is 17.3. The molecule has 1 fully saturated rings. The Morgan fingerprint density at radius 3 is 2.30 bits per heavy atom. The zero-order valence-corrected chi connectivity index (χ0v) is 13.3. The Morgan fingerprint density at radius 2 is 1.61 bits per heavy atom. The summed E-state index contributed by atoms with van der Waals surface area (Å²) in [6.45, 7) is 3.07. The standard InChI is InChI=1S/C20H22N2O/c23-20(18-8-2-1-3-9-18,19-10-13-21-14-11-19)12-4-5-15-22-16-6-7-17-22/h1-3,8-11,13-14,23H,6-7,12,15-17H2. The fraction of sp³-hybridized carbons (Fsp3) is 0.350. The minimum atomic E-state index is -1.10. The molecule has 0 amide bonds. The maximum absolute atomic E-state index is 11.3. The van der Waals surface area contributed by atoms with Gasteiger partial charge in [-0.1, -0.05) is 42.2 Å². The second kappa shape index (κ2) is 7.41. The zero-order chi connectivity index (χ0) is 16.0. The summed E-state index contributed by atoms with van der Waals surface area (Å²) in [6.07, 6.45) is 6.34. The number of pyridine rings is 1. The van der Waals surface area contributed by atoms with E-state index in [1.54, 1.807) is 12.4 Å². The smallest absolute Gasteiger partial charge is 0.126 e. The van der Waals surface area contributed by atoms with Crippen molar-refractivity contribution >= 4 is 0 Å². The molecule has 1 aromatic heterocycles. The third-order valence-electron chi connectivity index (χ3n) is 4.38. The fourth-order valence-corrected chi connectivity index (χ4v) is 3.01. The first kappa shape index (κ1) is 15.7. The maximum atomic E-state index is 11.3. The van der Waals surface area contributed by atoms with Crippen LogP contribution in [0.4, 0.5) is 0 Å². The molecule has 0 aliphatic carbocycles. The second-order valence-corrected chi connectivity index (χ2v) is 5.98. The molecule has 2 aromatic rings. The van der Waals surface area contributed by atoms with E-state index >= 15 is 0 Å². The molecule has 1 unspecified atom stereocenters. The molecule has 1 aromatic carbocycles. The van der Waals surface area contributed by atoms with Gasteiger partial charge in [-0.2, -0.15) is 0 Å². The van der Waals surface area contributed by atoms with Crippen LogP contribution in [-0.4, -0.2) is 34.6 Å². The van der Waals surface area contributed by atoms with Crippen LogP contribution in [-0.2, 0) is 5.60 Å². The van der Waals surface area contributed by atoms with Gasteiger partial charge in [0.05, 0.1) is 6.54 Å². The predicted molar refractivity (Wildman–Crippen MR) is 91.7 cm³/mol. The summed E-state index contributed by atoms with van der Waals surface area (Å²) in [7, 11) is 0. The van der Waals surface area contributed by atoms with Gasteiger partial charge in [0.2, 0.25) is 0 Å². The molecule has 2 heterocycles. The van der Waals surface area contributed by atoms with Crippen LogP contribution >= 0.6 is 0 Å². The van der Waals surface area contributed by atoms with Crippen molar-refractivity contribution in [1.82, 2.24) is 9.88 Å². The first-order valence-electron chi connectivity index (χ1n) is 8.15. The first-order valence-corrected chi connectivity index (χ1v) is 8.15. The summed E-state index contributed by atoms with van der Waals surface area (Å²) >= 11 is 0. The van der Waals surface area contributed by atoms with Gasteiger partial charge in [0.15, 0.2) is 0 Å². The molecule has 23 heavy (non-hydrogen) atoms. The van der Waals surface area contributed by atoms with Crippen molar-refractivity contribution in [1.29, 1.82) is 0 Å². The van der Waals surface area contributed by atoms with Crippen LogP contribution in [0.15, 0.2) is 54.9 Å². The highest BCUT2D eigenvalue weighted by atomic mass is 16.3. The van der Waals surface area contributed by atoms with E-state index in [1.165, 1.54) is 12.8 Å². The van der Waals surface area contributed by atoms with Crippen LogP contribution < -0.4 is 0 Å². The Balaban J connectivity index is 1.80. The summed E-state index contributed by atoms with van der Waals surface area (Å²) < 4.78 is 0. The van der Waals surface area contributed by atoms with E-state index in [1.807, 2.05) is 42.5 Å². The molecule has 118 valence electrons. The molecule has 0 radical (unpaired) electrons. The Bertz CT molecular complexity index is 628. The number of hydrogen-bond donors (Lipinski definition) is 1. The van der Waals surface area contributed by atoms with Gasteiger partial charge in [0.25, 0.3) is 0 Å². The molecular weight excluding hydrogens is 284 g/mol. The summed E-state index contributed by atoms with van der Waals surface area (Å²) in [4.78, 5) is 6.41. The third kappa shape index (κ3) is 3.79. The monoisotopic (exact) mass is 306 g/mol. The highest BCUT2D eigenvalue weighted by molar-refractivity contribution is 5.36. The number of rotatable bonds is 4. The lowest BCUT2D eigenvalue weighted by molar-refractivity contribution is 0.0864. The van der Waals surface area contributed by atoms with Crippen LogP contribution in [0.25, 0.3) is 0 Å². The second-order valence-electron chi connectivity index (χ2n) is 5.98. The lowest BCUT2D eigenvalue weighted by atomic mass is 9.84. The molecule has 3 nitrogen and oxygen atoms in total. The molecule has 3 rings (SSSR count). The molecule has 3 heteroatoms. The van der Waals surface area contributed by atoms with Crippen molar-refractivity contribution in [3.05, 3.63) is 66.0 Å². The maximum Gasteiger partial charge on any atom is 0.126 e. The third-order valence-corrected chi connectivity index (χ3v) is 4.38. The molecule has 1 N–H and O–H groups in total. The highest BCUT2D eigenvalue weighted by Gasteiger charge is 2.30. The summed E-state index contributed by atoms with van der Waals surface area (Å²) in [5.41, 5.74) is 0.596. The number of aromatic nitrogens is 1. The summed E-state index contributed by atoms with van der Waals surface area (Å²) in [5.74, 6) is 6.41. The van der Waals surface area contributed by atoms with Gasteiger partial charge in [-0.05, 0) is 49.2 Å². The van der Waals surface area contributed by atoms with E-state index in [-0.39, 0.29) is 0 Å². The van der Waals surface area contributed by atoms with Gasteiger partial charge in [0.1, 0.15) is 5.60 Å². The first-order chi connectivity index (χ1) is 11.3. The van der Waals surface area contributed by atoms with Crippen molar-refractivity contribution < 1.29 is 5.11 Å². The average Bonchev–Trinajstić information content (AvgIpc) is 3.13. The summed E-state index contributed by atoms with van der Waals surface area (Å²) in [5, 5.41) is 11.3. The number of hydrogen-bond acceptors (Lipinski definition) is 3. The minimum absolute atomic E-state index is 0.384. The number of likely N-dealkylation sites (tertiary alicyclic amines) is 1. The SMILES string of the molecule is OC(CC#CCN1CCCC1)(c1ccccc1)c1ccncc1. The highest BCUT2D eigenvalue weighted by Crippen LogP contribution is 2.32. The fourth-order valence-electron chi connectivity index (χ4n) is 3.01. The lowest BCUT2D eigenvalue weighted by Crippen LogP contribution is -2.27. The van der Waals surface area contributed by atoms with Gasteiger partial charge >= 0.3 is 0 Å². The Morgan fingerprint density at radius 1 is 0.957 bits per heavy atom. The molecule has 1 aliphatic heterocycles. The van der Waals surface area contributed by atoms with Crippen LogP contribution in [0.1, 0.15) is 30.4 Å². The minimum Gasteiger partial charge on any atom is -0.379 e. The number of nitrogens with zero attached hydrogens (tertiary/aromatic N) is 2. The number of aliphatic hydroxyl groups is 1. The van der Waals surface area contributed by atoms with Crippen molar-refractivity contribution in [2.75, 3.05) is 19.6 Å². The molecule has 0 bridgehead atoms. The largest absolute Gasteiger partial charge is 0.379 e. The molecule has 1 atom stereocenters. The van der Waals surface area contributed by atoms with Gasteiger partial charge in [-0.25, -0.2) is 0 Å². The van der Waals surface area contributed by atoms with Gasteiger partial charge < -0.3 is 5.11 Å². The summed E-state index contributed by atoms with van der Waals surface area (Å²) in [6, 6.07) is 13.4. The van der Waals surface area contributed by atoms with E-state index in [9.17, 15) is 5.11 Å². The average molecular weight is 306 g/mol. The van der Waals surface area contributed by atoms with Crippen LogP contribution in [0, 0.1) is 11.8 Å². The Labute approximate surface area is 138 Å². The van der Waals surface area contributed by atoms with Crippen molar-refractivity contribution in [3.63, 3.8) is 0 Å². The Kier molecular flexibility index (Phi) is 5.07. The topological polar surface area (TPSA) is 36.4 Å². The molecule has 1 aliphatic rings. The zero-order valence-electron chi connectivity index (χ0n) is 13.3. The van der Waals surface area contributed by atoms with Crippen LogP contribution in [0.2, 0.25) is 0 Å².